The molecule has 0 unspecified atom stereocenters. The Hall–Kier alpha value is -2.80. The van der Waals surface area contributed by atoms with Crippen molar-refractivity contribution in [3.05, 3.63) is 64.6 Å². The van der Waals surface area contributed by atoms with Gasteiger partial charge in [-0.2, -0.15) is 4.52 Å². The van der Waals surface area contributed by atoms with E-state index in [-0.39, 0.29) is 5.82 Å². The fourth-order valence-corrected chi connectivity index (χ4v) is 3.80. The number of halogens is 1. The molecule has 0 radical (unpaired) electrons. The average molecular weight is 365 g/mol. The summed E-state index contributed by atoms with van der Waals surface area (Å²) >= 11 is 1.75. The number of nitrogens with zero attached hydrogens (tertiary/aromatic N) is 5. The molecule has 1 aromatic carbocycles. The predicted molar refractivity (Wildman–Crippen MR) is 99.7 cm³/mol. The van der Waals surface area contributed by atoms with Gasteiger partial charge in [0.25, 0.3) is 0 Å². The number of rotatable bonds is 5. The van der Waals surface area contributed by atoms with Crippen molar-refractivity contribution in [2.24, 2.45) is 0 Å². The zero-order valence-electron chi connectivity index (χ0n) is 13.9. The first kappa shape index (κ1) is 15.5. The molecule has 4 aromatic rings. The normalized spacial score (nSPS) is 14.0. The van der Waals surface area contributed by atoms with E-state index in [1.807, 2.05) is 12.1 Å². The average Bonchev–Trinajstić information content (AvgIpc) is 3.21. The SMILES string of the molecule is Fc1ccccc1-c1nnc2ccc(N(Cc3cccs3)C3CC3)nn12. The molecule has 0 amide bonds. The monoisotopic (exact) mass is 365 g/mol. The number of benzene rings is 1. The zero-order chi connectivity index (χ0) is 17.5. The third kappa shape index (κ3) is 2.74. The van der Waals surface area contributed by atoms with Crippen LogP contribution in [0.25, 0.3) is 17.0 Å². The van der Waals surface area contributed by atoms with Gasteiger partial charge >= 0.3 is 0 Å². The molecule has 0 aliphatic heterocycles. The van der Waals surface area contributed by atoms with Crippen LogP contribution < -0.4 is 4.90 Å². The first-order valence-corrected chi connectivity index (χ1v) is 9.44. The minimum atomic E-state index is -0.327. The molecule has 3 aromatic heterocycles. The lowest BCUT2D eigenvalue weighted by Gasteiger charge is -2.22. The van der Waals surface area contributed by atoms with Crippen molar-refractivity contribution < 1.29 is 4.39 Å². The molecular weight excluding hydrogens is 349 g/mol. The third-order valence-electron chi connectivity index (χ3n) is 4.55. The summed E-state index contributed by atoms with van der Waals surface area (Å²) in [6, 6.07) is 15.2. The molecule has 3 heterocycles. The summed E-state index contributed by atoms with van der Waals surface area (Å²) in [6.07, 6.45) is 2.35. The van der Waals surface area contributed by atoms with E-state index in [2.05, 4.69) is 32.6 Å². The van der Waals surface area contributed by atoms with Gasteiger partial charge in [-0.25, -0.2) is 4.39 Å². The smallest absolute Gasteiger partial charge is 0.188 e. The van der Waals surface area contributed by atoms with Crippen LogP contribution in [-0.4, -0.2) is 25.9 Å². The molecule has 5 rings (SSSR count). The lowest BCUT2D eigenvalue weighted by atomic mass is 10.2. The van der Waals surface area contributed by atoms with E-state index in [4.69, 9.17) is 5.10 Å². The minimum absolute atomic E-state index is 0.327. The maximum absolute atomic E-state index is 14.2. The molecule has 0 spiro atoms. The molecule has 0 N–H and O–H groups in total. The highest BCUT2D eigenvalue weighted by molar-refractivity contribution is 7.09. The van der Waals surface area contributed by atoms with Gasteiger partial charge in [0.1, 0.15) is 11.6 Å². The predicted octanol–water partition coefficient (Wildman–Crippen LogP) is 4.16. The second kappa shape index (κ2) is 6.17. The summed E-state index contributed by atoms with van der Waals surface area (Å²) in [6.45, 7) is 0.831. The van der Waals surface area contributed by atoms with Crippen molar-refractivity contribution in [2.45, 2.75) is 25.4 Å². The minimum Gasteiger partial charge on any atom is -0.347 e. The summed E-state index contributed by atoms with van der Waals surface area (Å²) in [5.74, 6) is 0.962. The summed E-state index contributed by atoms with van der Waals surface area (Å²) < 4.78 is 15.8. The van der Waals surface area contributed by atoms with Crippen LogP contribution in [0, 0.1) is 5.82 Å². The molecule has 1 saturated carbocycles. The Balaban J connectivity index is 1.58. The van der Waals surface area contributed by atoms with E-state index in [1.165, 1.54) is 23.8 Å². The van der Waals surface area contributed by atoms with Crippen LogP contribution in [0.2, 0.25) is 0 Å². The number of aromatic nitrogens is 4. The highest BCUT2D eigenvalue weighted by atomic mass is 32.1. The van der Waals surface area contributed by atoms with Gasteiger partial charge in [-0.1, -0.05) is 18.2 Å². The van der Waals surface area contributed by atoms with Crippen LogP contribution in [0.1, 0.15) is 17.7 Å². The van der Waals surface area contributed by atoms with Gasteiger partial charge in [-0.3, -0.25) is 0 Å². The number of hydrogen-bond acceptors (Lipinski definition) is 5. The number of thiophene rings is 1. The molecule has 0 bridgehead atoms. The maximum atomic E-state index is 14.2. The van der Waals surface area contributed by atoms with E-state index in [9.17, 15) is 4.39 Å². The Labute approximate surface area is 153 Å². The van der Waals surface area contributed by atoms with Crippen LogP contribution in [0.3, 0.4) is 0 Å². The summed E-state index contributed by atoms with van der Waals surface area (Å²) in [5.41, 5.74) is 1.01. The molecule has 1 fully saturated rings. The number of fused-ring (bicyclic) bond motifs is 1. The van der Waals surface area contributed by atoms with Gasteiger partial charge in [-0.15, -0.1) is 26.6 Å². The van der Waals surface area contributed by atoms with E-state index < -0.39 is 0 Å². The topological polar surface area (TPSA) is 46.3 Å². The Morgan fingerprint density at radius 2 is 1.96 bits per heavy atom. The quantitative estimate of drug-likeness (QED) is 0.533. The van der Waals surface area contributed by atoms with Gasteiger partial charge in [0.2, 0.25) is 0 Å². The summed E-state index contributed by atoms with van der Waals surface area (Å²) in [4.78, 5) is 3.62. The maximum Gasteiger partial charge on any atom is 0.188 e. The third-order valence-corrected chi connectivity index (χ3v) is 5.41. The first-order valence-electron chi connectivity index (χ1n) is 8.56. The van der Waals surface area contributed by atoms with Crippen molar-refractivity contribution in [3.63, 3.8) is 0 Å². The van der Waals surface area contributed by atoms with Crippen LogP contribution >= 0.6 is 11.3 Å². The Kier molecular flexibility index (Phi) is 3.67. The van der Waals surface area contributed by atoms with E-state index in [1.54, 1.807) is 34.1 Å². The van der Waals surface area contributed by atoms with Gasteiger partial charge in [0.15, 0.2) is 11.5 Å². The lowest BCUT2D eigenvalue weighted by molar-refractivity contribution is 0.629. The highest BCUT2D eigenvalue weighted by Gasteiger charge is 2.30. The van der Waals surface area contributed by atoms with E-state index in [0.717, 1.165) is 12.4 Å². The molecule has 26 heavy (non-hydrogen) atoms. The van der Waals surface area contributed by atoms with Gasteiger partial charge in [0, 0.05) is 10.9 Å². The van der Waals surface area contributed by atoms with Crippen molar-refractivity contribution in [1.29, 1.82) is 0 Å². The lowest BCUT2D eigenvalue weighted by Crippen LogP contribution is -2.26. The standard InChI is InChI=1S/C19H16FN5S/c20-16-6-2-1-5-15(16)19-22-21-17-9-10-18(23-25(17)19)24(13-7-8-13)12-14-4-3-11-26-14/h1-6,9-11,13H,7-8,12H2. The number of hydrogen-bond donors (Lipinski definition) is 0. The van der Waals surface area contributed by atoms with Crippen molar-refractivity contribution >= 4 is 22.8 Å². The molecular formula is C19H16FN5S. The zero-order valence-corrected chi connectivity index (χ0v) is 14.7. The fraction of sp³-hybridized carbons (Fsp3) is 0.211. The van der Waals surface area contributed by atoms with E-state index >= 15 is 0 Å². The molecule has 1 aliphatic rings. The molecule has 0 atom stereocenters. The summed E-state index contributed by atoms with van der Waals surface area (Å²) in [5, 5.41) is 15.1. The van der Waals surface area contributed by atoms with Crippen LogP contribution in [-0.2, 0) is 6.54 Å². The van der Waals surface area contributed by atoms with Crippen LogP contribution in [0.15, 0.2) is 53.9 Å². The number of anilines is 1. The second-order valence-corrected chi connectivity index (χ2v) is 7.44. The first-order chi connectivity index (χ1) is 12.8. The van der Waals surface area contributed by atoms with Crippen LogP contribution in [0.5, 0.6) is 0 Å². The second-order valence-electron chi connectivity index (χ2n) is 6.40. The molecule has 0 saturated heterocycles. The largest absolute Gasteiger partial charge is 0.347 e. The van der Waals surface area contributed by atoms with Crippen molar-refractivity contribution in [2.75, 3.05) is 4.90 Å². The fourth-order valence-electron chi connectivity index (χ4n) is 3.10. The molecule has 5 nitrogen and oxygen atoms in total. The Morgan fingerprint density at radius 1 is 1.08 bits per heavy atom. The molecule has 1 aliphatic carbocycles. The van der Waals surface area contributed by atoms with Crippen molar-refractivity contribution in [3.8, 4) is 11.4 Å². The van der Waals surface area contributed by atoms with Gasteiger partial charge in [-0.05, 0) is 48.6 Å². The molecule has 130 valence electrons. The Morgan fingerprint density at radius 3 is 2.73 bits per heavy atom. The van der Waals surface area contributed by atoms with E-state index in [0.29, 0.717) is 23.1 Å². The van der Waals surface area contributed by atoms with Gasteiger partial charge < -0.3 is 4.90 Å². The summed E-state index contributed by atoms with van der Waals surface area (Å²) in [7, 11) is 0. The molecule has 7 heteroatoms. The highest BCUT2D eigenvalue weighted by Crippen LogP contribution is 2.33. The Bertz CT molecular complexity index is 1050. The van der Waals surface area contributed by atoms with Gasteiger partial charge in [0.05, 0.1) is 12.1 Å². The van der Waals surface area contributed by atoms with Crippen molar-refractivity contribution in [1.82, 2.24) is 19.8 Å². The van der Waals surface area contributed by atoms with Crippen LogP contribution in [0.4, 0.5) is 10.2 Å².